The number of hydrogen-bond acceptors (Lipinski definition) is 1. The van der Waals surface area contributed by atoms with Crippen LogP contribution in [0, 0.1) is 0 Å². The molecule has 178 valence electrons. The molecule has 0 fully saturated rings. The predicted molar refractivity (Wildman–Crippen MR) is 152 cm³/mol. The van der Waals surface area contributed by atoms with Crippen molar-refractivity contribution in [1.29, 1.82) is 0 Å². The van der Waals surface area contributed by atoms with Crippen LogP contribution in [0.1, 0.15) is 71.1 Å². The summed E-state index contributed by atoms with van der Waals surface area (Å²) in [6, 6.07) is 33.3. The minimum atomic E-state index is -0.113. The van der Waals surface area contributed by atoms with Gasteiger partial charge < -0.3 is 4.90 Å². The van der Waals surface area contributed by atoms with Crippen LogP contribution in [-0.2, 0) is 5.41 Å². The summed E-state index contributed by atoms with van der Waals surface area (Å²) in [7, 11) is 0. The molecule has 0 bridgehead atoms. The molecule has 5 rings (SSSR count). The normalized spacial score (nSPS) is 14.1. The monoisotopic (exact) mass is 459 g/mol. The van der Waals surface area contributed by atoms with E-state index in [1.807, 2.05) is 0 Å². The minimum absolute atomic E-state index is 0.0377. The van der Waals surface area contributed by atoms with Crippen LogP contribution in [0.2, 0.25) is 0 Å². The van der Waals surface area contributed by atoms with Crippen molar-refractivity contribution in [3.05, 3.63) is 108 Å². The van der Waals surface area contributed by atoms with E-state index >= 15 is 0 Å². The van der Waals surface area contributed by atoms with Gasteiger partial charge in [0, 0.05) is 27.9 Å². The van der Waals surface area contributed by atoms with E-state index in [0.717, 1.165) is 0 Å². The Kier molecular flexibility index (Phi) is 5.63. The lowest BCUT2D eigenvalue weighted by Crippen LogP contribution is -2.39. The molecular formula is C34H37N. The molecule has 0 saturated heterocycles. The van der Waals surface area contributed by atoms with Crippen molar-refractivity contribution >= 4 is 11.4 Å². The van der Waals surface area contributed by atoms with Gasteiger partial charge in [-0.3, -0.25) is 0 Å². The van der Waals surface area contributed by atoms with Crippen LogP contribution in [-0.4, -0.2) is 5.54 Å². The Morgan fingerprint density at radius 1 is 0.629 bits per heavy atom. The summed E-state index contributed by atoms with van der Waals surface area (Å²) < 4.78 is 0. The molecule has 0 aromatic heterocycles. The average Bonchev–Trinajstić information content (AvgIpc) is 3.06. The van der Waals surface area contributed by atoms with Gasteiger partial charge in [0.25, 0.3) is 0 Å². The van der Waals surface area contributed by atoms with Crippen molar-refractivity contribution in [1.82, 2.24) is 0 Å². The van der Waals surface area contributed by atoms with Crippen LogP contribution in [0.3, 0.4) is 0 Å². The number of nitrogens with zero attached hydrogens (tertiary/aromatic N) is 1. The van der Waals surface area contributed by atoms with E-state index in [2.05, 4.69) is 144 Å². The second-order valence-corrected chi connectivity index (χ2v) is 11.6. The molecule has 1 aliphatic rings. The molecule has 35 heavy (non-hydrogen) atoms. The van der Waals surface area contributed by atoms with E-state index in [4.69, 9.17) is 0 Å². The van der Waals surface area contributed by atoms with Gasteiger partial charge in [-0.2, -0.15) is 0 Å². The highest BCUT2D eigenvalue weighted by Crippen LogP contribution is 2.54. The molecule has 1 nitrogen and oxygen atoms in total. The fraction of sp³-hybridized carbons (Fsp3) is 0.294. The van der Waals surface area contributed by atoms with Gasteiger partial charge in [-0.05, 0) is 72.2 Å². The molecule has 0 atom stereocenters. The second-order valence-electron chi connectivity index (χ2n) is 11.6. The van der Waals surface area contributed by atoms with Gasteiger partial charge in [0.1, 0.15) is 0 Å². The molecule has 0 radical (unpaired) electrons. The van der Waals surface area contributed by atoms with Gasteiger partial charge in [0.2, 0.25) is 0 Å². The van der Waals surface area contributed by atoms with Crippen molar-refractivity contribution in [3.8, 4) is 22.3 Å². The van der Waals surface area contributed by atoms with E-state index in [0.29, 0.717) is 5.92 Å². The molecule has 0 N–H and O–H groups in total. The predicted octanol–water partition coefficient (Wildman–Crippen LogP) is 9.72. The Hall–Kier alpha value is -3.32. The SMILES string of the molecule is CC(C)c1c(N(c2ccccc2-c2ccccc2)C(C)(C)C)ccc2c1C(C)(C)c1ccccc1-2. The maximum Gasteiger partial charge on any atom is 0.0495 e. The zero-order valence-electron chi connectivity index (χ0n) is 22.2. The number of para-hydroxylation sites is 1. The highest BCUT2D eigenvalue weighted by atomic mass is 15.2. The van der Waals surface area contributed by atoms with Crippen LogP contribution >= 0.6 is 0 Å². The third-order valence-corrected chi connectivity index (χ3v) is 7.46. The summed E-state index contributed by atoms with van der Waals surface area (Å²) in [5.41, 5.74) is 12.1. The summed E-state index contributed by atoms with van der Waals surface area (Å²) in [5.74, 6) is 0.391. The molecule has 0 unspecified atom stereocenters. The molecule has 0 spiro atoms. The van der Waals surface area contributed by atoms with Crippen molar-refractivity contribution in [3.63, 3.8) is 0 Å². The summed E-state index contributed by atoms with van der Waals surface area (Å²) in [4.78, 5) is 2.57. The van der Waals surface area contributed by atoms with E-state index < -0.39 is 0 Å². The molecule has 0 saturated carbocycles. The fourth-order valence-electron chi connectivity index (χ4n) is 6.07. The van der Waals surface area contributed by atoms with Gasteiger partial charge >= 0.3 is 0 Å². The Bertz CT molecular complexity index is 1370. The van der Waals surface area contributed by atoms with E-state index in [1.54, 1.807) is 0 Å². The van der Waals surface area contributed by atoms with Crippen LogP contribution < -0.4 is 4.90 Å². The summed E-state index contributed by atoms with van der Waals surface area (Å²) in [6.45, 7) is 16.5. The number of hydrogen-bond donors (Lipinski definition) is 0. The fourth-order valence-corrected chi connectivity index (χ4v) is 6.07. The second kappa shape index (κ2) is 8.41. The van der Waals surface area contributed by atoms with Gasteiger partial charge in [-0.25, -0.2) is 0 Å². The smallest absolute Gasteiger partial charge is 0.0495 e. The maximum atomic E-state index is 2.57. The lowest BCUT2D eigenvalue weighted by atomic mass is 9.77. The van der Waals surface area contributed by atoms with Gasteiger partial charge in [-0.1, -0.05) is 107 Å². The Morgan fingerprint density at radius 3 is 1.89 bits per heavy atom. The first-order chi connectivity index (χ1) is 16.6. The molecule has 0 aliphatic heterocycles. The first-order valence-electron chi connectivity index (χ1n) is 12.8. The molecule has 4 aromatic carbocycles. The van der Waals surface area contributed by atoms with Crippen LogP contribution in [0.4, 0.5) is 11.4 Å². The number of anilines is 2. The number of fused-ring (bicyclic) bond motifs is 3. The van der Waals surface area contributed by atoms with E-state index in [1.165, 1.54) is 50.3 Å². The highest BCUT2D eigenvalue weighted by molar-refractivity contribution is 5.89. The standard InChI is InChI=1S/C34H37N/c1-23(2)31-30(22-21-27-26-18-11-13-19-28(26)34(6,7)32(27)31)35(33(3,4)5)29-20-14-12-17-25(29)24-15-9-8-10-16-24/h8-23H,1-7H3. The van der Waals surface area contributed by atoms with Crippen LogP contribution in [0.5, 0.6) is 0 Å². The lowest BCUT2D eigenvalue weighted by Gasteiger charge is -2.42. The Morgan fingerprint density at radius 2 is 1.23 bits per heavy atom. The Balaban J connectivity index is 1.81. The quantitative estimate of drug-likeness (QED) is 0.293. The number of benzene rings is 4. The van der Waals surface area contributed by atoms with E-state index in [-0.39, 0.29) is 11.0 Å². The zero-order chi connectivity index (χ0) is 25.0. The molecule has 0 heterocycles. The van der Waals surface area contributed by atoms with E-state index in [9.17, 15) is 0 Å². The topological polar surface area (TPSA) is 3.24 Å². The highest BCUT2D eigenvalue weighted by Gasteiger charge is 2.40. The lowest BCUT2D eigenvalue weighted by molar-refractivity contribution is 0.555. The molecule has 0 amide bonds. The van der Waals surface area contributed by atoms with Crippen molar-refractivity contribution in [2.75, 3.05) is 4.90 Å². The first-order valence-corrected chi connectivity index (χ1v) is 12.8. The van der Waals surface area contributed by atoms with Crippen molar-refractivity contribution < 1.29 is 0 Å². The molecular weight excluding hydrogens is 422 g/mol. The largest absolute Gasteiger partial charge is 0.335 e. The zero-order valence-corrected chi connectivity index (χ0v) is 22.2. The van der Waals surface area contributed by atoms with Crippen molar-refractivity contribution in [2.24, 2.45) is 0 Å². The van der Waals surface area contributed by atoms with Gasteiger partial charge in [0.05, 0.1) is 0 Å². The third kappa shape index (κ3) is 3.78. The summed E-state index contributed by atoms with van der Waals surface area (Å²) in [6.07, 6.45) is 0. The summed E-state index contributed by atoms with van der Waals surface area (Å²) >= 11 is 0. The van der Waals surface area contributed by atoms with Gasteiger partial charge in [0.15, 0.2) is 0 Å². The van der Waals surface area contributed by atoms with Crippen LogP contribution in [0.25, 0.3) is 22.3 Å². The molecule has 1 heteroatoms. The average molecular weight is 460 g/mol. The Labute approximate surface area is 211 Å². The van der Waals surface area contributed by atoms with Crippen molar-refractivity contribution in [2.45, 2.75) is 65.3 Å². The molecule has 4 aromatic rings. The third-order valence-electron chi connectivity index (χ3n) is 7.46. The van der Waals surface area contributed by atoms with Crippen LogP contribution in [0.15, 0.2) is 91.0 Å². The number of rotatable bonds is 4. The van der Waals surface area contributed by atoms with Gasteiger partial charge in [-0.15, -0.1) is 0 Å². The minimum Gasteiger partial charge on any atom is -0.335 e. The summed E-state index contributed by atoms with van der Waals surface area (Å²) in [5, 5.41) is 0. The maximum absolute atomic E-state index is 2.57. The first kappa shape index (κ1) is 23.4. The molecule has 1 aliphatic carbocycles.